The first-order valence-electron chi connectivity index (χ1n) is 5.33. The van der Waals surface area contributed by atoms with Crippen LogP contribution in [0.3, 0.4) is 0 Å². The van der Waals surface area contributed by atoms with E-state index in [0.717, 1.165) is 0 Å². The minimum absolute atomic E-state index is 0.230. The van der Waals surface area contributed by atoms with Gasteiger partial charge in [0, 0.05) is 12.2 Å². The average Bonchev–Trinajstić information content (AvgIpc) is 2.23. The monoisotopic (exact) mass is 293 g/mol. The number of nitrogen functional groups attached to an aromatic ring is 1. The zero-order chi connectivity index (χ0) is 14.6. The number of anilines is 1. The van der Waals surface area contributed by atoms with E-state index in [0.29, 0.717) is 18.6 Å². The Morgan fingerprint density at radius 2 is 1.84 bits per heavy atom. The van der Waals surface area contributed by atoms with Crippen molar-refractivity contribution in [1.82, 2.24) is 10.0 Å². The van der Waals surface area contributed by atoms with Gasteiger partial charge in [-0.05, 0) is 18.6 Å². The van der Waals surface area contributed by atoms with E-state index in [-0.39, 0.29) is 12.2 Å². The van der Waals surface area contributed by atoms with Crippen molar-refractivity contribution in [3.05, 3.63) is 23.8 Å². The molecule has 0 bridgehead atoms. The number of carbonyl (C=O) groups is 1. The highest BCUT2D eigenvalue weighted by Gasteiger charge is 2.26. The number of amides is 2. The van der Waals surface area contributed by atoms with Gasteiger partial charge >= 0.3 is 6.03 Å². The Morgan fingerprint density at radius 3 is 2.32 bits per heavy atom. The van der Waals surface area contributed by atoms with Crippen LogP contribution in [-0.4, -0.2) is 21.0 Å². The van der Waals surface area contributed by atoms with Crippen LogP contribution < -0.4 is 15.8 Å². The summed E-state index contributed by atoms with van der Waals surface area (Å²) in [5, 5.41) is 2.21. The number of sulfonamides is 1. The van der Waals surface area contributed by atoms with Crippen molar-refractivity contribution in [2.45, 2.75) is 18.2 Å². The summed E-state index contributed by atoms with van der Waals surface area (Å²) in [4.78, 5) is 9.97. The highest BCUT2D eigenvalue weighted by molar-refractivity contribution is 7.90. The lowest BCUT2D eigenvalue weighted by atomic mass is 10.3. The van der Waals surface area contributed by atoms with E-state index in [1.54, 1.807) is 6.92 Å². The molecule has 0 heterocycles. The van der Waals surface area contributed by atoms with Gasteiger partial charge in [-0.25, -0.2) is 26.7 Å². The molecular weight excluding hydrogens is 280 g/mol. The minimum Gasteiger partial charge on any atom is -0.399 e. The number of rotatable bonds is 4. The zero-order valence-electron chi connectivity index (χ0n) is 10.0. The molecule has 1 aromatic carbocycles. The lowest BCUT2D eigenvalue weighted by Gasteiger charge is -2.10. The van der Waals surface area contributed by atoms with E-state index in [1.807, 2.05) is 0 Å². The van der Waals surface area contributed by atoms with Crippen molar-refractivity contribution in [2.75, 3.05) is 12.3 Å². The van der Waals surface area contributed by atoms with Crippen LogP contribution in [0.1, 0.15) is 13.3 Å². The van der Waals surface area contributed by atoms with Crippen LogP contribution in [0.2, 0.25) is 0 Å². The standard InChI is InChI=1S/C10H13F2N3O3S/c1-2-3-14-10(16)15-19(17,18)9-7(11)4-6(13)5-8(9)12/h4-5H,2-3,13H2,1H3,(H2,14,15,16). The minimum atomic E-state index is -4.64. The summed E-state index contributed by atoms with van der Waals surface area (Å²) in [5.41, 5.74) is 4.90. The van der Waals surface area contributed by atoms with E-state index < -0.39 is 32.6 Å². The third kappa shape index (κ3) is 3.78. The predicted molar refractivity (Wildman–Crippen MR) is 64.8 cm³/mol. The lowest BCUT2D eigenvalue weighted by molar-refractivity contribution is 0.246. The molecule has 0 radical (unpaired) electrons. The maximum absolute atomic E-state index is 13.4. The molecule has 0 saturated carbocycles. The van der Waals surface area contributed by atoms with E-state index in [9.17, 15) is 22.0 Å². The number of benzene rings is 1. The summed E-state index contributed by atoms with van der Waals surface area (Å²) in [7, 11) is -4.64. The van der Waals surface area contributed by atoms with Crippen LogP contribution >= 0.6 is 0 Å². The van der Waals surface area contributed by atoms with Gasteiger partial charge < -0.3 is 11.1 Å². The number of hydrogen-bond donors (Lipinski definition) is 3. The molecule has 1 aromatic rings. The van der Waals surface area contributed by atoms with Gasteiger partial charge in [-0.2, -0.15) is 0 Å². The topological polar surface area (TPSA) is 101 Å². The van der Waals surface area contributed by atoms with Crippen molar-refractivity contribution < 1.29 is 22.0 Å². The van der Waals surface area contributed by atoms with Gasteiger partial charge in [-0.15, -0.1) is 0 Å². The maximum atomic E-state index is 13.4. The molecule has 0 spiro atoms. The molecule has 0 aromatic heterocycles. The van der Waals surface area contributed by atoms with Crippen LogP contribution in [0.5, 0.6) is 0 Å². The third-order valence-electron chi connectivity index (χ3n) is 2.05. The molecule has 9 heteroatoms. The quantitative estimate of drug-likeness (QED) is 0.719. The van der Waals surface area contributed by atoms with Gasteiger partial charge in [-0.3, -0.25) is 0 Å². The van der Waals surface area contributed by atoms with Crippen LogP contribution in [0, 0.1) is 11.6 Å². The maximum Gasteiger partial charge on any atom is 0.328 e. The third-order valence-corrected chi connectivity index (χ3v) is 3.43. The molecule has 106 valence electrons. The van der Waals surface area contributed by atoms with Crippen molar-refractivity contribution in [1.29, 1.82) is 0 Å². The van der Waals surface area contributed by atoms with Crippen LogP contribution in [-0.2, 0) is 10.0 Å². The molecule has 0 unspecified atom stereocenters. The summed E-state index contributed by atoms with van der Waals surface area (Å²) < 4.78 is 51.7. The van der Waals surface area contributed by atoms with E-state index in [1.165, 1.54) is 4.72 Å². The smallest absolute Gasteiger partial charge is 0.328 e. The summed E-state index contributed by atoms with van der Waals surface area (Å²) in [5.74, 6) is -2.73. The number of hydrogen-bond acceptors (Lipinski definition) is 4. The molecule has 4 N–H and O–H groups in total. The van der Waals surface area contributed by atoms with E-state index >= 15 is 0 Å². The Labute approximate surface area is 109 Å². The Balaban J connectivity index is 3.05. The van der Waals surface area contributed by atoms with Gasteiger partial charge in [0.25, 0.3) is 10.0 Å². The van der Waals surface area contributed by atoms with Crippen LogP contribution in [0.4, 0.5) is 19.3 Å². The number of nitrogens with one attached hydrogen (secondary N) is 2. The van der Waals surface area contributed by atoms with Crippen molar-refractivity contribution in [3.8, 4) is 0 Å². The first-order chi connectivity index (χ1) is 8.77. The van der Waals surface area contributed by atoms with Crippen molar-refractivity contribution in [2.24, 2.45) is 0 Å². The molecular formula is C10H13F2N3O3S. The first-order valence-corrected chi connectivity index (χ1v) is 6.81. The van der Waals surface area contributed by atoms with Gasteiger partial charge in [0.05, 0.1) is 0 Å². The van der Waals surface area contributed by atoms with Crippen molar-refractivity contribution >= 4 is 21.7 Å². The molecule has 19 heavy (non-hydrogen) atoms. The van der Waals surface area contributed by atoms with Gasteiger partial charge in [0.2, 0.25) is 0 Å². The largest absolute Gasteiger partial charge is 0.399 e. The summed E-state index contributed by atoms with van der Waals surface area (Å²) >= 11 is 0. The van der Waals surface area contributed by atoms with Crippen molar-refractivity contribution in [3.63, 3.8) is 0 Å². The highest BCUT2D eigenvalue weighted by atomic mass is 32.2. The van der Waals surface area contributed by atoms with Crippen LogP contribution in [0.15, 0.2) is 17.0 Å². The van der Waals surface area contributed by atoms with Crippen LogP contribution in [0.25, 0.3) is 0 Å². The molecule has 0 fully saturated rings. The molecule has 0 saturated heterocycles. The predicted octanol–water partition coefficient (Wildman–Crippen LogP) is 0.945. The SMILES string of the molecule is CCCNC(=O)NS(=O)(=O)c1c(F)cc(N)cc1F. The lowest BCUT2D eigenvalue weighted by Crippen LogP contribution is -2.40. The normalized spacial score (nSPS) is 11.1. The fraction of sp³-hybridized carbons (Fsp3) is 0.300. The Morgan fingerprint density at radius 1 is 1.32 bits per heavy atom. The van der Waals surface area contributed by atoms with Gasteiger partial charge in [0.15, 0.2) is 4.90 Å². The van der Waals surface area contributed by atoms with Gasteiger partial charge in [-0.1, -0.05) is 6.92 Å². The fourth-order valence-electron chi connectivity index (χ4n) is 1.28. The summed E-state index contributed by atoms with van der Waals surface area (Å²) in [6, 6.07) is 0.251. The molecule has 0 aliphatic carbocycles. The summed E-state index contributed by atoms with van der Waals surface area (Å²) in [6.45, 7) is 1.99. The second-order valence-electron chi connectivity index (χ2n) is 3.68. The molecule has 1 rings (SSSR count). The van der Waals surface area contributed by atoms with E-state index in [4.69, 9.17) is 5.73 Å². The molecule has 0 atom stereocenters. The van der Waals surface area contributed by atoms with E-state index in [2.05, 4.69) is 5.32 Å². The Hall–Kier alpha value is -1.90. The zero-order valence-corrected chi connectivity index (χ0v) is 10.9. The molecule has 0 aliphatic heterocycles. The number of halogens is 2. The Kier molecular flexibility index (Phi) is 4.65. The average molecular weight is 293 g/mol. The highest BCUT2D eigenvalue weighted by Crippen LogP contribution is 2.21. The fourth-order valence-corrected chi connectivity index (χ4v) is 2.33. The molecule has 6 nitrogen and oxygen atoms in total. The number of urea groups is 1. The molecule has 0 aliphatic rings. The second kappa shape index (κ2) is 5.83. The Bertz CT molecular complexity index is 567. The second-order valence-corrected chi connectivity index (χ2v) is 5.29. The first kappa shape index (κ1) is 15.2. The number of nitrogens with two attached hydrogens (primary N) is 1. The number of carbonyl (C=O) groups excluding carboxylic acids is 1. The van der Waals surface area contributed by atoms with Gasteiger partial charge in [0.1, 0.15) is 11.6 Å². The molecule has 2 amide bonds. The summed E-state index contributed by atoms with van der Waals surface area (Å²) in [6.07, 6.45) is 0.581.